The largest absolute Gasteiger partial charge is 0.484 e. The van der Waals surface area contributed by atoms with Crippen molar-refractivity contribution in [1.29, 1.82) is 0 Å². The summed E-state index contributed by atoms with van der Waals surface area (Å²) in [4.78, 5) is 23.0. The van der Waals surface area contributed by atoms with Gasteiger partial charge in [-0.25, -0.2) is 14.8 Å². The number of rotatable bonds is 5. The zero-order valence-electron chi connectivity index (χ0n) is 19.4. The Hall–Kier alpha value is -3.39. The fourth-order valence-electron chi connectivity index (χ4n) is 3.91. The van der Waals surface area contributed by atoms with Crippen LogP contribution in [0.4, 0.5) is 0 Å². The predicted octanol–water partition coefficient (Wildman–Crippen LogP) is 4.01. The molecule has 0 spiro atoms. The molecular weight excluding hydrogens is 420 g/mol. The van der Waals surface area contributed by atoms with Crippen LogP contribution in [-0.4, -0.2) is 45.2 Å². The lowest BCUT2D eigenvalue weighted by Gasteiger charge is -2.28. The molecule has 0 N–H and O–H groups in total. The summed E-state index contributed by atoms with van der Waals surface area (Å²) in [6.45, 7) is 9.83. The van der Waals surface area contributed by atoms with Crippen molar-refractivity contribution in [1.82, 2.24) is 19.4 Å². The summed E-state index contributed by atoms with van der Waals surface area (Å²) in [5.74, 6) is 1.75. The van der Waals surface area contributed by atoms with Gasteiger partial charge in [-0.3, -0.25) is 4.90 Å². The molecule has 8 nitrogen and oxygen atoms in total. The average Bonchev–Trinajstić information content (AvgIpc) is 3.29. The molecule has 0 saturated carbocycles. The van der Waals surface area contributed by atoms with Gasteiger partial charge in [0.1, 0.15) is 12.4 Å². The van der Waals surface area contributed by atoms with Crippen molar-refractivity contribution < 1.29 is 19.0 Å². The Morgan fingerprint density at radius 2 is 2.00 bits per heavy atom. The molecule has 0 aliphatic carbocycles. The number of carbonyl (C=O) groups excluding carboxylic acids is 1. The molecule has 0 radical (unpaired) electrons. The fourth-order valence-corrected chi connectivity index (χ4v) is 3.91. The molecule has 8 heteroatoms. The molecule has 5 rings (SSSR count). The Morgan fingerprint density at radius 1 is 1.18 bits per heavy atom. The first kappa shape index (κ1) is 22.8. The van der Waals surface area contributed by atoms with Gasteiger partial charge in [0.05, 0.1) is 13.2 Å². The number of nitrogens with zero attached hydrogens (tertiary/aromatic N) is 4. The Bertz CT molecular complexity index is 1080. The van der Waals surface area contributed by atoms with Crippen molar-refractivity contribution in [3.05, 3.63) is 71.4 Å². The van der Waals surface area contributed by atoms with E-state index in [1.807, 2.05) is 30.5 Å². The highest BCUT2D eigenvalue weighted by Gasteiger charge is 2.24. The second-order valence-electron chi connectivity index (χ2n) is 7.63. The molecule has 1 atom stereocenters. The molecular formula is C25H30N4O4. The fraction of sp³-hybridized carbons (Fsp3) is 0.400. The molecule has 1 unspecified atom stereocenters. The summed E-state index contributed by atoms with van der Waals surface area (Å²) in [6.07, 6.45) is 3.33. The molecule has 0 saturated heterocycles. The highest BCUT2D eigenvalue weighted by molar-refractivity contribution is 5.87. The number of hydrogen-bond acceptors (Lipinski definition) is 7. The van der Waals surface area contributed by atoms with Gasteiger partial charge in [0.15, 0.2) is 17.5 Å². The van der Waals surface area contributed by atoms with Crippen LogP contribution in [0.25, 0.3) is 0 Å². The summed E-state index contributed by atoms with van der Waals surface area (Å²) in [6, 6.07) is 12.1. The molecule has 33 heavy (non-hydrogen) atoms. The SMILES string of the molecule is CC.CCOC(=O)c1cn2c(n1)CN(Cc1ccc(C3COc4cccnc4O3)cc1)CC2. The van der Waals surface area contributed by atoms with Crippen LogP contribution in [0.3, 0.4) is 0 Å². The van der Waals surface area contributed by atoms with Crippen LogP contribution in [0, 0.1) is 0 Å². The first-order valence-electron chi connectivity index (χ1n) is 11.5. The zero-order valence-corrected chi connectivity index (χ0v) is 19.4. The van der Waals surface area contributed by atoms with E-state index in [4.69, 9.17) is 14.2 Å². The molecule has 174 valence electrons. The van der Waals surface area contributed by atoms with Gasteiger partial charge in [-0.1, -0.05) is 38.1 Å². The van der Waals surface area contributed by atoms with Crippen LogP contribution in [-0.2, 0) is 24.4 Å². The van der Waals surface area contributed by atoms with Gasteiger partial charge in [0.2, 0.25) is 0 Å². The third-order valence-electron chi connectivity index (χ3n) is 5.50. The molecule has 2 aliphatic heterocycles. The summed E-state index contributed by atoms with van der Waals surface area (Å²) < 4.78 is 18.9. The third kappa shape index (κ3) is 5.17. The number of benzene rings is 1. The van der Waals surface area contributed by atoms with Crippen LogP contribution in [0.2, 0.25) is 0 Å². The van der Waals surface area contributed by atoms with Crippen molar-refractivity contribution in [2.45, 2.75) is 46.5 Å². The highest BCUT2D eigenvalue weighted by atomic mass is 16.6. The van der Waals surface area contributed by atoms with E-state index in [1.165, 1.54) is 5.56 Å². The summed E-state index contributed by atoms with van der Waals surface area (Å²) in [5, 5.41) is 0. The maximum absolute atomic E-state index is 11.9. The Kier molecular flexibility index (Phi) is 7.24. The van der Waals surface area contributed by atoms with Gasteiger partial charge in [0, 0.05) is 32.0 Å². The van der Waals surface area contributed by atoms with Crippen LogP contribution in [0.5, 0.6) is 11.6 Å². The second-order valence-corrected chi connectivity index (χ2v) is 7.63. The van der Waals surface area contributed by atoms with E-state index in [0.717, 1.165) is 31.0 Å². The number of fused-ring (bicyclic) bond motifs is 2. The van der Waals surface area contributed by atoms with E-state index in [1.54, 1.807) is 19.3 Å². The maximum Gasteiger partial charge on any atom is 0.358 e. The van der Waals surface area contributed by atoms with Gasteiger partial charge in [0.25, 0.3) is 5.88 Å². The van der Waals surface area contributed by atoms with E-state index < -0.39 is 0 Å². The van der Waals surface area contributed by atoms with Gasteiger partial charge in [-0.05, 0) is 30.2 Å². The Labute approximate surface area is 194 Å². The Balaban J connectivity index is 0.00000126. The average molecular weight is 451 g/mol. The quantitative estimate of drug-likeness (QED) is 0.544. The van der Waals surface area contributed by atoms with Crippen LogP contribution in [0.15, 0.2) is 48.8 Å². The maximum atomic E-state index is 11.9. The minimum atomic E-state index is -0.363. The van der Waals surface area contributed by atoms with Crippen molar-refractivity contribution >= 4 is 5.97 Å². The van der Waals surface area contributed by atoms with Crippen LogP contribution >= 0.6 is 0 Å². The summed E-state index contributed by atoms with van der Waals surface area (Å²) in [7, 11) is 0. The number of ether oxygens (including phenoxy) is 3. The zero-order chi connectivity index (χ0) is 23.2. The first-order valence-corrected chi connectivity index (χ1v) is 11.5. The summed E-state index contributed by atoms with van der Waals surface area (Å²) >= 11 is 0. The first-order chi connectivity index (χ1) is 16.2. The Morgan fingerprint density at radius 3 is 2.79 bits per heavy atom. The number of carbonyl (C=O) groups is 1. The van der Waals surface area contributed by atoms with E-state index in [0.29, 0.717) is 37.1 Å². The number of pyridine rings is 1. The van der Waals surface area contributed by atoms with Crippen LogP contribution in [0.1, 0.15) is 54.3 Å². The second kappa shape index (κ2) is 10.5. The van der Waals surface area contributed by atoms with Crippen molar-refractivity contribution in [3.8, 4) is 11.6 Å². The number of hydrogen-bond donors (Lipinski definition) is 0. The minimum Gasteiger partial charge on any atom is -0.484 e. The summed E-state index contributed by atoms with van der Waals surface area (Å²) in [5.41, 5.74) is 2.66. The predicted molar refractivity (Wildman–Crippen MR) is 123 cm³/mol. The van der Waals surface area contributed by atoms with Gasteiger partial charge < -0.3 is 18.8 Å². The number of imidazole rings is 1. The van der Waals surface area contributed by atoms with E-state index >= 15 is 0 Å². The molecule has 4 heterocycles. The number of aromatic nitrogens is 3. The van der Waals surface area contributed by atoms with Crippen molar-refractivity contribution in [2.75, 3.05) is 19.8 Å². The lowest BCUT2D eigenvalue weighted by atomic mass is 10.1. The van der Waals surface area contributed by atoms with Crippen LogP contribution < -0.4 is 9.47 Å². The molecule has 2 aliphatic rings. The van der Waals surface area contributed by atoms with Crippen molar-refractivity contribution in [3.63, 3.8) is 0 Å². The third-order valence-corrected chi connectivity index (χ3v) is 5.50. The van der Waals surface area contributed by atoms with Gasteiger partial charge >= 0.3 is 5.97 Å². The normalized spacial score (nSPS) is 16.9. The smallest absolute Gasteiger partial charge is 0.358 e. The van der Waals surface area contributed by atoms with Gasteiger partial charge in [-0.15, -0.1) is 0 Å². The molecule has 0 amide bonds. The minimum absolute atomic E-state index is 0.166. The topological polar surface area (TPSA) is 78.7 Å². The monoisotopic (exact) mass is 450 g/mol. The number of esters is 1. The van der Waals surface area contributed by atoms with E-state index in [9.17, 15) is 4.79 Å². The molecule has 3 aromatic rings. The van der Waals surface area contributed by atoms with Gasteiger partial charge in [-0.2, -0.15) is 0 Å². The van der Waals surface area contributed by atoms with Crippen molar-refractivity contribution in [2.24, 2.45) is 0 Å². The lowest BCUT2D eigenvalue weighted by Crippen LogP contribution is -2.33. The molecule has 1 aromatic carbocycles. The lowest BCUT2D eigenvalue weighted by molar-refractivity contribution is 0.0519. The standard InChI is InChI=1S/C23H24N4O4.C2H6/c1-2-29-23(28)18-13-27-11-10-26(14-21(27)25-18)12-16-5-7-17(8-6-16)20-15-30-19-4-3-9-24-22(19)31-20;1-2/h3-9,13,20H,2,10-12,14-15H2,1H3;1-2H3. The molecule has 2 aromatic heterocycles. The van der Waals surface area contributed by atoms with E-state index in [-0.39, 0.29) is 12.1 Å². The molecule has 0 fully saturated rings. The molecule has 0 bridgehead atoms. The van der Waals surface area contributed by atoms with E-state index in [2.05, 4.69) is 39.1 Å². The highest BCUT2D eigenvalue weighted by Crippen LogP contribution is 2.34.